The molecule has 2 rings (SSSR count). The molecule has 1 aromatic carbocycles. The molecule has 114 valence electrons. The maximum Gasteiger partial charge on any atom is 0.411 e. The highest BCUT2D eigenvalue weighted by molar-refractivity contribution is 7.20. The molecule has 0 unspecified atom stereocenters. The third-order valence-electron chi connectivity index (χ3n) is 2.47. The van der Waals surface area contributed by atoms with E-state index in [-0.39, 0.29) is 13.2 Å². The highest BCUT2D eigenvalue weighted by Gasteiger charge is 2.27. The molecule has 0 aliphatic carbocycles. The van der Waals surface area contributed by atoms with Crippen molar-refractivity contribution in [1.82, 2.24) is 0 Å². The molecule has 2 aromatic rings. The minimum Gasteiger partial charge on any atom is -0.459 e. The van der Waals surface area contributed by atoms with Gasteiger partial charge >= 0.3 is 12.1 Å². The molecule has 0 atom stereocenters. The number of ether oxygens (including phenoxy) is 2. The summed E-state index contributed by atoms with van der Waals surface area (Å²) in [4.78, 5) is 12.1. The number of carbonyl (C=O) groups excluding carboxylic acids is 1. The number of hydrogen-bond donors (Lipinski definition) is 1. The summed E-state index contributed by atoms with van der Waals surface area (Å²) in [5.41, 5.74) is 6.22. The van der Waals surface area contributed by atoms with Crippen LogP contribution in [0.4, 0.5) is 18.9 Å². The van der Waals surface area contributed by atoms with Crippen molar-refractivity contribution in [2.45, 2.75) is 6.18 Å². The van der Waals surface area contributed by atoms with Crippen molar-refractivity contribution >= 4 is 33.1 Å². The van der Waals surface area contributed by atoms with Crippen LogP contribution < -0.4 is 5.73 Å². The molecule has 1 heterocycles. The molecular formula is C13H12F3NO3S. The number of esters is 1. The molecule has 1 aromatic heterocycles. The quantitative estimate of drug-likeness (QED) is 0.522. The number of fused-ring (bicyclic) bond motifs is 1. The first-order chi connectivity index (χ1) is 9.85. The zero-order chi connectivity index (χ0) is 15.5. The molecule has 0 radical (unpaired) electrons. The van der Waals surface area contributed by atoms with Crippen LogP contribution in [-0.4, -0.2) is 32.0 Å². The van der Waals surface area contributed by atoms with E-state index in [0.717, 1.165) is 10.1 Å². The first-order valence-electron chi connectivity index (χ1n) is 5.96. The van der Waals surface area contributed by atoms with Crippen molar-refractivity contribution in [3.63, 3.8) is 0 Å². The van der Waals surface area contributed by atoms with Gasteiger partial charge in [-0.25, -0.2) is 4.79 Å². The number of alkyl halides is 3. The Labute approximate surface area is 122 Å². The smallest absolute Gasteiger partial charge is 0.411 e. The Morgan fingerprint density at radius 3 is 2.71 bits per heavy atom. The largest absolute Gasteiger partial charge is 0.459 e. The summed E-state index contributed by atoms with van der Waals surface area (Å²) in [5, 5.41) is 0.820. The Balaban J connectivity index is 1.85. The maximum atomic E-state index is 11.8. The van der Waals surface area contributed by atoms with Gasteiger partial charge in [0.1, 0.15) is 18.1 Å². The molecule has 0 aliphatic heterocycles. The lowest BCUT2D eigenvalue weighted by Crippen LogP contribution is -2.19. The summed E-state index contributed by atoms with van der Waals surface area (Å²) in [6.45, 7) is -1.89. The Morgan fingerprint density at radius 2 is 2.00 bits per heavy atom. The van der Waals surface area contributed by atoms with Crippen molar-refractivity contribution in [2.75, 3.05) is 25.6 Å². The first kappa shape index (κ1) is 15.6. The first-order valence-corrected chi connectivity index (χ1v) is 6.77. The van der Waals surface area contributed by atoms with E-state index in [1.807, 2.05) is 0 Å². The molecule has 2 N–H and O–H groups in total. The number of rotatable bonds is 5. The molecule has 0 bridgehead atoms. The number of carbonyl (C=O) groups is 1. The molecule has 0 saturated carbocycles. The van der Waals surface area contributed by atoms with Gasteiger partial charge < -0.3 is 15.2 Å². The predicted molar refractivity (Wildman–Crippen MR) is 73.4 cm³/mol. The van der Waals surface area contributed by atoms with E-state index < -0.39 is 18.8 Å². The predicted octanol–water partition coefficient (Wildman–Crippen LogP) is 3.22. The second-order valence-corrected chi connectivity index (χ2v) is 5.30. The van der Waals surface area contributed by atoms with Crippen LogP contribution in [0.5, 0.6) is 0 Å². The van der Waals surface area contributed by atoms with Gasteiger partial charge in [-0.2, -0.15) is 13.2 Å². The molecule has 0 saturated heterocycles. The Morgan fingerprint density at radius 1 is 1.24 bits per heavy atom. The van der Waals surface area contributed by atoms with Crippen LogP contribution in [0, 0.1) is 0 Å². The van der Waals surface area contributed by atoms with Crippen LogP contribution >= 0.6 is 11.3 Å². The van der Waals surface area contributed by atoms with Gasteiger partial charge in [0.15, 0.2) is 0 Å². The van der Waals surface area contributed by atoms with Crippen molar-refractivity contribution in [2.24, 2.45) is 0 Å². The van der Waals surface area contributed by atoms with Gasteiger partial charge in [0.05, 0.1) is 6.61 Å². The molecule has 0 aliphatic rings. The Hall–Kier alpha value is -1.80. The summed E-state index contributed by atoms with van der Waals surface area (Å²) in [6.07, 6.45) is -4.38. The molecule has 0 spiro atoms. The molecule has 4 nitrogen and oxygen atoms in total. The monoisotopic (exact) mass is 319 g/mol. The van der Waals surface area contributed by atoms with E-state index in [2.05, 4.69) is 4.74 Å². The van der Waals surface area contributed by atoms with Gasteiger partial charge in [-0.3, -0.25) is 0 Å². The number of anilines is 1. The van der Waals surface area contributed by atoms with E-state index in [4.69, 9.17) is 10.5 Å². The molecule has 21 heavy (non-hydrogen) atoms. The van der Waals surface area contributed by atoms with Gasteiger partial charge in [-0.1, -0.05) is 0 Å². The lowest BCUT2D eigenvalue weighted by molar-refractivity contribution is -0.175. The second-order valence-electron chi connectivity index (χ2n) is 4.21. The van der Waals surface area contributed by atoms with Crippen LogP contribution in [0.25, 0.3) is 10.1 Å². The molecule has 0 fully saturated rings. The van der Waals surface area contributed by atoms with E-state index in [1.54, 1.807) is 24.3 Å². The minimum absolute atomic E-state index is 0.231. The van der Waals surface area contributed by atoms with Gasteiger partial charge in [0, 0.05) is 10.4 Å². The zero-order valence-electron chi connectivity index (χ0n) is 10.8. The maximum absolute atomic E-state index is 11.8. The molecule has 8 heteroatoms. The molecule has 0 amide bonds. The zero-order valence-corrected chi connectivity index (χ0v) is 11.6. The van der Waals surface area contributed by atoms with Crippen LogP contribution in [0.2, 0.25) is 0 Å². The number of hydrogen-bond acceptors (Lipinski definition) is 5. The normalized spacial score (nSPS) is 11.8. The highest BCUT2D eigenvalue weighted by atomic mass is 32.1. The van der Waals surface area contributed by atoms with E-state index in [9.17, 15) is 18.0 Å². The van der Waals surface area contributed by atoms with Crippen LogP contribution in [0.15, 0.2) is 24.3 Å². The fourth-order valence-electron chi connectivity index (χ4n) is 1.61. The summed E-state index contributed by atoms with van der Waals surface area (Å²) >= 11 is 1.23. The van der Waals surface area contributed by atoms with Gasteiger partial charge in [-0.15, -0.1) is 11.3 Å². The van der Waals surface area contributed by atoms with Crippen molar-refractivity contribution in [3.8, 4) is 0 Å². The lowest BCUT2D eigenvalue weighted by Gasteiger charge is -2.07. The van der Waals surface area contributed by atoms with Crippen LogP contribution in [0.3, 0.4) is 0 Å². The summed E-state index contributed by atoms with van der Waals surface area (Å²) in [6, 6.07) is 6.88. The Bertz CT molecular complexity index is 639. The van der Waals surface area contributed by atoms with Gasteiger partial charge in [0.25, 0.3) is 0 Å². The number of nitrogens with two attached hydrogens (primary N) is 1. The van der Waals surface area contributed by atoms with Crippen molar-refractivity contribution in [1.29, 1.82) is 0 Å². The average molecular weight is 319 g/mol. The lowest BCUT2D eigenvalue weighted by atomic mass is 10.2. The number of nitrogen functional groups attached to an aromatic ring is 1. The minimum atomic E-state index is -4.38. The van der Waals surface area contributed by atoms with Crippen molar-refractivity contribution in [3.05, 3.63) is 29.1 Å². The third kappa shape index (κ3) is 4.61. The van der Waals surface area contributed by atoms with Gasteiger partial charge in [-0.05, 0) is 29.7 Å². The van der Waals surface area contributed by atoms with Crippen molar-refractivity contribution < 1.29 is 27.4 Å². The summed E-state index contributed by atoms with van der Waals surface area (Å²) in [7, 11) is 0. The third-order valence-corrected chi connectivity index (χ3v) is 3.56. The number of benzene rings is 1. The highest BCUT2D eigenvalue weighted by Crippen LogP contribution is 2.27. The molecular weight excluding hydrogens is 307 g/mol. The standard InChI is InChI=1S/C13H12F3NO3S/c14-13(15,16)7-19-3-4-20-12(18)11-6-8-5-9(17)1-2-10(8)21-11/h1-2,5-6H,3-4,7,17H2. The topological polar surface area (TPSA) is 61.6 Å². The SMILES string of the molecule is Nc1ccc2sc(C(=O)OCCOCC(F)(F)F)cc2c1. The van der Waals surface area contributed by atoms with Crippen LogP contribution in [-0.2, 0) is 9.47 Å². The fraction of sp³-hybridized carbons (Fsp3) is 0.308. The van der Waals surface area contributed by atoms with E-state index in [0.29, 0.717) is 10.6 Å². The van der Waals surface area contributed by atoms with E-state index >= 15 is 0 Å². The summed E-state index contributed by atoms with van der Waals surface area (Å²) < 4.78 is 45.5. The second kappa shape index (κ2) is 6.31. The van der Waals surface area contributed by atoms with E-state index in [1.165, 1.54) is 11.3 Å². The van der Waals surface area contributed by atoms with Gasteiger partial charge in [0.2, 0.25) is 0 Å². The Kier molecular flexibility index (Phi) is 4.69. The van der Waals surface area contributed by atoms with Crippen LogP contribution in [0.1, 0.15) is 9.67 Å². The fourth-order valence-corrected chi connectivity index (χ4v) is 2.55. The summed E-state index contributed by atoms with van der Waals surface area (Å²) in [5.74, 6) is -0.592. The average Bonchev–Trinajstić information content (AvgIpc) is 2.79. The number of halogens is 3. The number of thiophene rings is 1.